The number of halogens is 1. The van der Waals surface area contributed by atoms with Gasteiger partial charge in [0.1, 0.15) is 11.5 Å². The lowest BCUT2D eigenvalue weighted by atomic mass is 10.1. The van der Waals surface area contributed by atoms with Gasteiger partial charge in [-0.2, -0.15) is 0 Å². The van der Waals surface area contributed by atoms with Crippen LogP contribution in [0.2, 0.25) is 0 Å². The first-order valence-corrected chi connectivity index (χ1v) is 7.15. The highest BCUT2D eigenvalue weighted by Gasteiger charge is 2.13. The molecule has 0 heterocycles. The van der Waals surface area contributed by atoms with Crippen LogP contribution in [0.25, 0.3) is 0 Å². The molecule has 0 spiro atoms. The maximum atomic E-state index is 10.8. The molecule has 2 N–H and O–H groups in total. The summed E-state index contributed by atoms with van der Waals surface area (Å²) >= 11 is 3.40. The zero-order valence-electron chi connectivity index (χ0n) is 11.7. The van der Waals surface area contributed by atoms with Crippen LogP contribution < -0.4 is 10.5 Å². The van der Waals surface area contributed by atoms with E-state index in [1.54, 1.807) is 13.0 Å². The van der Waals surface area contributed by atoms with Crippen molar-refractivity contribution in [1.29, 1.82) is 0 Å². The second kappa shape index (κ2) is 6.24. The molecule has 21 heavy (non-hydrogen) atoms. The molecule has 0 saturated carbocycles. The van der Waals surface area contributed by atoms with E-state index in [4.69, 9.17) is 10.5 Å². The summed E-state index contributed by atoms with van der Waals surface area (Å²) < 4.78 is 6.76. The smallest absolute Gasteiger partial charge is 0.269 e. The van der Waals surface area contributed by atoms with Crippen LogP contribution in [0.3, 0.4) is 0 Å². The number of hydrogen-bond acceptors (Lipinski definition) is 4. The molecule has 0 amide bonds. The molecule has 0 saturated heterocycles. The minimum absolute atomic E-state index is 0.0431. The van der Waals surface area contributed by atoms with E-state index < -0.39 is 4.92 Å². The number of nitrogens with zero attached hydrogens (tertiary/aromatic N) is 1. The van der Waals surface area contributed by atoms with Gasteiger partial charge in [-0.25, -0.2) is 0 Å². The number of rotatable bonds is 4. The molecule has 5 nitrogen and oxygen atoms in total. The van der Waals surface area contributed by atoms with Crippen LogP contribution >= 0.6 is 15.9 Å². The van der Waals surface area contributed by atoms with Crippen LogP contribution in [0, 0.1) is 17.0 Å². The van der Waals surface area contributed by atoms with Crippen molar-refractivity contribution in [3.8, 4) is 11.5 Å². The van der Waals surface area contributed by atoms with Crippen LogP contribution in [-0.2, 0) is 0 Å². The lowest BCUT2D eigenvalue weighted by Gasteiger charge is -2.15. The Morgan fingerprint density at radius 1 is 1.24 bits per heavy atom. The quantitative estimate of drug-likeness (QED) is 0.651. The van der Waals surface area contributed by atoms with Crippen LogP contribution in [0.15, 0.2) is 40.9 Å². The minimum atomic E-state index is -0.427. The number of hydrogen-bond donors (Lipinski definition) is 1. The van der Waals surface area contributed by atoms with Crippen LogP contribution in [0.1, 0.15) is 24.1 Å². The molecule has 0 aliphatic rings. The SMILES string of the molecule is Cc1cc([N+](=O)[O-])ccc1Oc1cc(Br)ccc1C(C)N. The first-order valence-electron chi connectivity index (χ1n) is 6.36. The fourth-order valence-corrected chi connectivity index (χ4v) is 2.29. The first kappa shape index (κ1) is 15.5. The number of nitro benzene ring substituents is 1. The lowest BCUT2D eigenvalue weighted by molar-refractivity contribution is -0.384. The predicted octanol–water partition coefficient (Wildman–Crippen LogP) is 4.48. The zero-order chi connectivity index (χ0) is 15.6. The fourth-order valence-electron chi connectivity index (χ4n) is 1.95. The van der Waals surface area contributed by atoms with E-state index in [1.165, 1.54) is 12.1 Å². The maximum Gasteiger partial charge on any atom is 0.269 e. The van der Waals surface area contributed by atoms with Gasteiger partial charge in [-0.1, -0.05) is 22.0 Å². The highest BCUT2D eigenvalue weighted by molar-refractivity contribution is 9.10. The van der Waals surface area contributed by atoms with Crippen LogP contribution in [-0.4, -0.2) is 4.92 Å². The van der Waals surface area contributed by atoms with Crippen molar-refractivity contribution in [1.82, 2.24) is 0 Å². The minimum Gasteiger partial charge on any atom is -0.457 e. The molecule has 2 aromatic rings. The number of ether oxygens (including phenoxy) is 1. The Labute approximate surface area is 131 Å². The normalized spacial score (nSPS) is 12.0. The van der Waals surface area contributed by atoms with Gasteiger partial charge in [0, 0.05) is 28.2 Å². The standard InChI is InChI=1S/C15H15BrN2O3/c1-9-7-12(18(19)20)4-6-14(9)21-15-8-11(16)3-5-13(15)10(2)17/h3-8,10H,17H2,1-2H3. The summed E-state index contributed by atoms with van der Waals surface area (Å²) in [4.78, 5) is 10.3. The molecular formula is C15H15BrN2O3. The van der Waals surface area contributed by atoms with Crippen molar-refractivity contribution < 1.29 is 9.66 Å². The van der Waals surface area contributed by atoms with E-state index in [0.717, 1.165) is 10.0 Å². The molecule has 0 bridgehead atoms. The van der Waals surface area contributed by atoms with E-state index >= 15 is 0 Å². The molecule has 0 fully saturated rings. The number of nitrogens with two attached hydrogens (primary N) is 1. The predicted molar refractivity (Wildman–Crippen MR) is 84.7 cm³/mol. The Bertz CT molecular complexity index is 687. The summed E-state index contributed by atoms with van der Waals surface area (Å²) in [5.74, 6) is 1.21. The Balaban J connectivity index is 2.38. The largest absolute Gasteiger partial charge is 0.457 e. The first-order chi connectivity index (χ1) is 9.88. The van der Waals surface area contributed by atoms with Crippen molar-refractivity contribution in [3.05, 3.63) is 62.1 Å². The van der Waals surface area contributed by atoms with Gasteiger partial charge in [-0.05, 0) is 37.6 Å². The zero-order valence-corrected chi connectivity index (χ0v) is 13.3. The molecule has 0 radical (unpaired) electrons. The Kier molecular flexibility index (Phi) is 4.59. The molecule has 1 unspecified atom stereocenters. The molecule has 2 rings (SSSR count). The molecular weight excluding hydrogens is 336 g/mol. The third-order valence-corrected chi connectivity index (χ3v) is 3.55. The second-order valence-corrected chi connectivity index (χ2v) is 5.70. The highest BCUT2D eigenvalue weighted by atomic mass is 79.9. The Hall–Kier alpha value is -1.92. The van der Waals surface area contributed by atoms with Crippen molar-refractivity contribution in [2.24, 2.45) is 5.73 Å². The summed E-state index contributed by atoms with van der Waals surface area (Å²) in [7, 11) is 0. The monoisotopic (exact) mass is 350 g/mol. The van der Waals surface area contributed by atoms with E-state index in [-0.39, 0.29) is 11.7 Å². The number of nitro groups is 1. The molecule has 110 valence electrons. The third-order valence-electron chi connectivity index (χ3n) is 3.06. The van der Waals surface area contributed by atoms with Gasteiger partial charge in [-0.15, -0.1) is 0 Å². The topological polar surface area (TPSA) is 78.4 Å². The van der Waals surface area contributed by atoms with Crippen molar-refractivity contribution >= 4 is 21.6 Å². The summed E-state index contributed by atoms with van der Waals surface area (Å²) in [5, 5.41) is 10.8. The average Bonchev–Trinajstić information content (AvgIpc) is 2.40. The van der Waals surface area contributed by atoms with Gasteiger partial charge in [0.05, 0.1) is 4.92 Å². The molecule has 1 atom stereocenters. The average molecular weight is 351 g/mol. The van der Waals surface area contributed by atoms with Gasteiger partial charge >= 0.3 is 0 Å². The lowest BCUT2D eigenvalue weighted by Crippen LogP contribution is -2.06. The van der Waals surface area contributed by atoms with Crippen LogP contribution in [0.4, 0.5) is 5.69 Å². The summed E-state index contributed by atoms with van der Waals surface area (Å²) in [5.41, 5.74) is 7.54. The van der Waals surface area contributed by atoms with Gasteiger partial charge in [0.25, 0.3) is 5.69 Å². The van der Waals surface area contributed by atoms with E-state index in [0.29, 0.717) is 17.1 Å². The van der Waals surface area contributed by atoms with Crippen molar-refractivity contribution in [2.75, 3.05) is 0 Å². The van der Waals surface area contributed by atoms with Gasteiger partial charge in [0.2, 0.25) is 0 Å². The molecule has 0 aromatic heterocycles. The third kappa shape index (κ3) is 3.59. The van der Waals surface area contributed by atoms with Crippen molar-refractivity contribution in [3.63, 3.8) is 0 Å². The second-order valence-electron chi connectivity index (χ2n) is 4.78. The molecule has 0 aliphatic carbocycles. The van der Waals surface area contributed by atoms with Gasteiger partial charge in [-0.3, -0.25) is 10.1 Å². The Morgan fingerprint density at radius 3 is 2.52 bits per heavy atom. The van der Waals surface area contributed by atoms with E-state index in [9.17, 15) is 10.1 Å². The summed E-state index contributed by atoms with van der Waals surface area (Å²) in [6.45, 7) is 3.64. The fraction of sp³-hybridized carbons (Fsp3) is 0.200. The molecule has 0 aliphatic heterocycles. The van der Waals surface area contributed by atoms with Gasteiger partial charge < -0.3 is 10.5 Å². The van der Waals surface area contributed by atoms with Crippen molar-refractivity contribution in [2.45, 2.75) is 19.9 Å². The molecule has 6 heteroatoms. The van der Waals surface area contributed by atoms with Crippen LogP contribution in [0.5, 0.6) is 11.5 Å². The van der Waals surface area contributed by atoms with E-state index in [2.05, 4.69) is 15.9 Å². The summed E-state index contributed by atoms with van der Waals surface area (Å²) in [6, 6.07) is 9.95. The Morgan fingerprint density at radius 2 is 1.95 bits per heavy atom. The highest BCUT2D eigenvalue weighted by Crippen LogP contribution is 2.34. The van der Waals surface area contributed by atoms with E-state index in [1.807, 2.05) is 25.1 Å². The van der Waals surface area contributed by atoms with Gasteiger partial charge in [0.15, 0.2) is 0 Å². The number of benzene rings is 2. The summed E-state index contributed by atoms with van der Waals surface area (Å²) in [6.07, 6.45) is 0. The maximum absolute atomic E-state index is 10.8. The number of non-ortho nitro benzene ring substituents is 1. The molecule has 2 aromatic carbocycles. The number of aryl methyl sites for hydroxylation is 1.